The molecule has 0 aliphatic carbocycles. The topological polar surface area (TPSA) is 44.7 Å². The number of hydrogen-bond donors (Lipinski definition) is 2. The van der Waals surface area contributed by atoms with E-state index in [1.165, 1.54) is 11.3 Å². The summed E-state index contributed by atoms with van der Waals surface area (Å²) < 4.78 is 6.18. The number of benzene rings is 1. The fraction of sp³-hybridized carbons (Fsp3) is 0.625. The van der Waals surface area contributed by atoms with Crippen molar-refractivity contribution < 1.29 is 9.84 Å². The van der Waals surface area contributed by atoms with Gasteiger partial charge in [0.25, 0.3) is 0 Å². The summed E-state index contributed by atoms with van der Waals surface area (Å²) in [5, 5.41) is 12.6. The van der Waals surface area contributed by atoms with Crippen LogP contribution >= 0.6 is 15.9 Å². The average molecular weight is 357 g/mol. The van der Waals surface area contributed by atoms with Crippen molar-refractivity contribution in [2.75, 3.05) is 44.9 Å². The highest BCUT2D eigenvalue weighted by molar-refractivity contribution is 9.10. The van der Waals surface area contributed by atoms with E-state index < -0.39 is 0 Å². The molecule has 0 spiro atoms. The van der Waals surface area contributed by atoms with E-state index >= 15 is 0 Å². The Labute approximate surface area is 135 Å². The molecule has 118 valence electrons. The molecule has 1 saturated heterocycles. The first-order valence-corrected chi connectivity index (χ1v) is 8.37. The van der Waals surface area contributed by atoms with Crippen molar-refractivity contribution in [3.05, 3.63) is 28.2 Å². The molecule has 21 heavy (non-hydrogen) atoms. The van der Waals surface area contributed by atoms with Crippen LogP contribution in [0.25, 0.3) is 0 Å². The van der Waals surface area contributed by atoms with Crippen LogP contribution in [0.1, 0.15) is 18.4 Å². The largest absolute Gasteiger partial charge is 0.396 e. The second-order valence-corrected chi connectivity index (χ2v) is 6.41. The number of rotatable bonds is 7. The Hall–Kier alpha value is -0.620. The van der Waals surface area contributed by atoms with E-state index in [1.54, 1.807) is 7.11 Å². The van der Waals surface area contributed by atoms with E-state index in [4.69, 9.17) is 4.74 Å². The van der Waals surface area contributed by atoms with Crippen LogP contribution in [0.2, 0.25) is 0 Å². The SMILES string of the molecule is COCCNCc1ccc(N2CCC(CO)CC2)cc1Br. The Bertz CT molecular complexity index is 434. The van der Waals surface area contributed by atoms with Crippen molar-refractivity contribution in [3.63, 3.8) is 0 Å². The maximum Gasteiger partial charge on any atom is 0.0587 e. The molecule has 0 saturated carbocycles. The molecule has 0 bridgehead atoms. The maximum atomic E-state index is 9.21. The van der Waals surface area contributed by atoms with Gasteiger partial charge in [-0.25, -0.2) is 0 Å². The minimum absolute atomic E-state index is 0.323. The Balaban J connectivity index is 1.89. The lowest BCUT2D eigenvalue weighted by Gasteiger charge is -2.33. The van der Waals surface area contributed by atoms with Crippen LogP contribution in [0, 0.1) is 5.92 Å². The highest BCUT2D eigenvalue weighted by atomic mass is 79.9. The molecule has 0 atom stereocenters. The van der Waals surface area contributed by atoms with Gasteiger partial charge < -0.3 is 20.1 Å². The third-order valence-corrected chi connectivity index (χ3v) is 4.81. The number of nitrogens with zero attached hydrogens (tertiary/aromatic N) is 1. The number of aliphatic hydroxyl groups is 1. The van der Waals surface area contributed by atoms with Gasteiger partial charge in [0, 0.05) is 50.1 Å². The smallest absolute Gasteiger partial charge is 0.0587 e. The molecule has 1 heterocycles. The molecule has 0 amide bonds. The van der Waals surface area contributed by atoms with Crippen molar-refractivity contribution in [2.24, 2.45) is 5.92 Å². The van der Waals surface area contributed by atoms with Crippen molar-refractivity contribution in [3.8, 4) is 0 Å². The average Bonchev–Trinajstić information content (AvgIpc) is 2.53. The summed E-state index contributed by atoms with van der Waals surface area (Å²) in [6.45, 7) is 4.82. The summed E-state index contributed by atoms with van der Waals surface area (Å²) in [4.78, 5) is 2.40. The molecule has 1 aliphatic heterocycles. The van der Waals surface area contributed by atoms with Crippen molar-refractivity contribution in [1.29, 1.82) is 0 Å². The summed E-state index contributed by atoms with van der Waals surface area (Å²) in [6, 6.07) is 6.57. The first kappa shape index (κ1) is 16.7. The lowest BCUT2D eigenvalue weighted by molar-refractivity contribution is 0.199. The number of aliphatic hydroxyl groups excluding tert-OH is 1. The zero-order valence-corrected chi connectivity index (χ0v) is 14.2. The molecule has 2 N–H and O–H groups in total. The fourth-order valence-corrected chi connectivity index (χ4v) is 3.15. The van der Waals surface area contributed by atoms with E-state index in [0.29, 0.717) is 12.5 Å². The number of hydrogen-bond acceptors (Lipinski definition) is 4. The minimum atomic E-state index is 0.323. The van der Waals surface area contributed by atoms with Crippen LogP contribution in [-0.4, -0.2) is 45.1 Å². The molecule has 5 heteroatoms. The Morgan fingerprint density at radius 2 is 2.14 bits per heavy atom. The molecule has 0 unspecified atom stereocenters. The highest BCUT2D eigenvalue weighted by Gasteiger charge is 2.19. The molecule has 1 aromatic rings. The van der Waals surface area contributed by atoms with E-state index in [-0.39, 0.29) is 0 Å². The van der Waals surface area contributed by atoms with Crippen LogP contribution in [0.15, 0.2) is 22.7 Å². The van der Waals surface area contributed by atoms with Gasteiger partial charge in [-0.05, 0) is 36.5 Å². The molecule has 4 nitrogen and oxygen atoms in total. The standard InChI is InChI=1S/C16H25BrN2O2/c1-21-9-6-18-11-14-2-3-15(10-16(14)17)19-7-4-13(12-20)5-8-19/h2-3,10,13,18,20H,4-9,11-12H2,1H3. The highest BCUT2D eigenvalue weighted by Crippen LogP contribution is 2.27. The van der Waals surface area contributed by atoms with Gasteiger partial charge in [0.15, 0.2) is 0 Å². The van der Waals surface area contributed by atoms with Crippen LogP contribution in [-0.2, 0) is 11.3 Å². The number of ether oxygens (including phenoxy) is 1. The number of piperidine rings is 1. The fourth-order valence-electron chi connectivity index (χ4n) is 2.65. The summed E-state index contributed by atoms with van der Waals surface area (Å²) in [7, 11) is 1.71. The Morgan fingerprint density at radius 3 is 2.76 bits per heavy atom. The first-order valence-electron chi connectivity index (χ1n) is 7.58. The second-order valence-electron chi connectivity index (χ2n) is 5.56. The normalized spacial score (nSPS) is 16.4. The summed E-state index contributed by atoms with van der Waals surface area (Å²) in [6.07, 6.45) is 2.16. The quantitative estimate of drug-likeness (QED) is 0.736. The molecular weight excluding hydrogens is 332 g/mol. The molecule has 1 aliphatic rings. The van der Waals surface area contributed by atoms with E-state index in [2.05, 4.69) is 44.3 Å². The van der Waals surface area contributed by atoms with Crippen LogP contribution in [0.3, 0.4) is 0 Å². The van der Waals surface area contributed by atoms with Gasteiger partial charge in [-0.2, -0.15) is 0 Å². The predicted octanol–water partition coefficient (Wildman–Crippen LogP) is 2.39. The number of halogens is 1. The molecule has 2 rings (SSSR count). The first-order chi connectivity index (χ1) is 10.2. The number of nitrogens with one attached hydrogen (secondary N) is 1. The van der Waals surface area contributed by atoms with Crippen molar-refractivity contribution >= 4 is 21.6 Å². The van der Waals surface area contributed by atoms with E-state index in [9.17, 15) is 5.11 Å². The Kier molecular flexibility index (Phi) is 6.96. The van der Waals surface area contributed by atoms with Gasteiger partial charge in [0.05, 0.1) is 6.61 Å². The maximum absolute atomic E-state index is 9.21. The van der Waals surface area contributed by atoms with Gasteiger partial charge in [0.2, 0.25) is 0 Å². The Morgan fingerprint density at radius 1 is 1.38 bits per heavy atom. The van der Waals surface area contributed by atoms with Crippen molar-refractivity contribution in [1.82, 2.24) is 5.32 Å². The van der Waals surface area contributed by atoms with E-state index in [0.717, 1.165) is 50.1 Å². The number of methoxy groups -OCH3 is 1. The van der Waals surface area contributed by atoms with Gasteiger partial charge in [0.1, 0.15) is 0 Å². The monoisotopic (exact) mass is 356 g/mol. The van der Waals surface area contributed by atoms with Gasteiger partial charge in [-0.1, -0.05) is 22.0 Å². The molecule has 0 radical (unpaired) electrons. The lowest BCUT2D eigenvalue weighted by atomic mass is 9.97. The summed E-state index contributed by atoms with van der Waals surface area (Å²) in [5.74, 6) is 0.481. The number of anilines is 1. The summed E-state index contributed by atoms with van der Waals surface area (Å²) >= 11 is 3.67. The summed E-state index contributed by atoms with van der Waals surface area (Å²) in [5.41, 5.74) is 2.53. The zero-order valence-electron chi connectivity index (χ0n) is 12.6. The van der Waals surface area contributed by atoms with Gasteiger partial charge >= 0.3 is 0 Å². The second kappa shape index (κ2) is 8.73. The van der Waals surface area contributed by atoms with Crippen LogP contribution in [0.5, 0.6) is 0 Å². The van der Waals surface area contributed by atoms with Crippen molar-refractivity contribution in [2.45, 2.75) is 19.4 Å². The van der Waals surface area contributed by atoms with Crippen LogP contribution < -0.4 is 10.2 Å². The third kappa shape index (κ3) is 4.95. The van der Waals surface area contributed by atoms with Gasteiger partial charge in [-0.15, -0.1) is 0 Å². The van der Waals surface area contributed by atoms with E-state index in [1.807, 2.05) is 0 Å². The lowest BCUT2D eigenvalue weighted by Crippen LogP contribution is -2.34. The van der Waals surface area contributed by atoms with Gasteiger partial charge in [-0.3, -0.25) is 0 Å². The molecule has 0 aromatic heterocycles. The zero-order chi connectivity index (χ0) is 15.1. The minimum Gasteiger partial charge on any atom is -0.396 e. The predicted molar refractivity (Wildman–Crippen MR) is 89.7 cm³/mol. The molecular formula is C16H25BrN2O2. The molecule has 1 aromatic carbocycles. The molecule has 1 fully saturated rings. The van der Waals surface area contributed by atoms with Crippen LogP contribution in [0.4, 0.5) is 5.69 Å². The third-order valence-electron chi connectivity index (χ3n) is 4.07.